The van der Waals surface area contributed by atoms with Crippen molar-refractivity contribution in [1.82, 2.24) is 0 Å². The van der Waals surface area contributed by atoms with Gasteiger partial charge in [-0.2, -0.15) is 0 Å². The van der Waals surface area contributed by atoms with Crippen LogP contribution in [0.3, 0.4) is 0 Å². The highest BCUT2D eigenvalue weighted by Crippen LogP contribution is 2.16. The van der Waals surface area contributed by atoms with E-state index >= 15 is 0 Å². The number of carbonyl (C=O) groups is 1. The molecule has 0 aliphatic rings. The number of halogens is 2. The number of carbonyl (C=O) groups excluding carboxylic acids is 1. The van der Waals surface area contributed by atoms with Crippen LogP contribution in [0.4, 0.5) is 4.39 Å². The van der Waals surface area contributed by atoms with Crippen LogP contribution in [0.2, 0.25) is 5.02 Å². The van der Waals surface area contributed by atoms with Crippen LogP contribution in [0.5, 0.6) is 0 Å². The maximum atomic E-state index is 13.4. The van der Waals surface area contributed by atoms with Crippen molar-refractivity contribution in [2.75, 3.05) is 0 Å². The lowest BCUT2D eigenvalue weighted by molar-refractivity contribution is -0.118. The molecule has 0 bridgehead atoms. The monoisotopic (exact) mass is 256 g/mol. The fourth-order valence-corrected chi connectivity index (χ4v) is 1.92. The third kappa shape index (κ3) is 5.31. The average molecular weight is 257 g/mol. The van der Waals surface area contributed by atoms with Crippen LogP contribution in [0.25, 0.3) is 0 Å². The number of hydrogen-bond acceptors (Lipinski definition) is 1. The topological polar surface area (TPSA) is 17.1 Å². The zero-order chi connectivity index (χ0) is 12.7. The molecular formula is C14H18ClFO. The Balaban J connectivity index is 2.42. The lowest BCUT2D eigenvalue weighted by Gasteiger charge is -2.03. The summed E-state index contributed by atoms with van der Waals surface area (Å²) in [4.78, 5) is 11.6. The van der Waals surface area contributed by atoms with Gasteiger partial charge in [-0.3, -0.25) is 4.79 Å². The fourth-order valence-electron chi connectivity index (χ4n) is 1.73. The summed E-state index contributed by atoms with van der Waals surface area (Å²) < 4.78 is 13.4. The quantitative estimate of drug-likeness (QED) is 0.654. The molecule has 0 fully saturated rings. The molecule has 1 aromatic carbocycles. The molecular weight excluding hydrogens is 239 g/mol. The van der Waals surface area contributed by atoms with Crippen molar-refractivity contribution in [3.05, 3.63) is 34.6 Å². The molecule has 0 aliphatic carbocycles. The molecule has 0 amide bonds. The molecule has 1 nitrogen and oxygen atoms in total. The highest BCUT2D eigenvalue weighted by Gasteiger charge is 2.08. The summed E-state index contributed by atoms with van der Waals surface area (Å²) in [5.41, 5.74) is 0.401. The van der Waals surface area contributed by atoms with E-state index < -0.39 is 0 Å². The number of rotatable bonds is 7. The molecule has 1 rings (SSSR count). The molecule has 0 radical (unpaired) electrons. The van der Waals surface area contributed by atoms with Crippen LogP contribution in [-0.4, -0.2) is 5.78 Å². The molecule has 0 N–H and O–H groups in total. The SMILES string of the molecule is CCCCCCC(=O)Cc1cc(Cl)ccc1F. The molecule has 0 heterocycles. The van der Waals surface area contributed by atoms with E-state index in [1.807, 2.05) is 0 Å². The number of hydrogen-bond donors (Lipinski definition) is 0. The molecule has 1 aromatic rings. The van der Waals surface area contributed by atoms with Crippen LogP contribution in [0.1, 0.15) is 44.6 Å². The highest BCUT2D eigenvalue weighted by atomic mass is 35.5. The molecule has 17 heavy (non-hydrogen) atoms. The predicted molar refractivity (Wildman–Crippen MR) is 68.9 cm³/mol. The van der Waals surface area contributed by atoms with E-state index in [0.717, 1.165) is 25.7 Å². The van der Waals surface area contributed by atoms with E-state index in [4.69, 9.17) is 11.6 Å². The molecule has 0 unspecified atom stereocenters. The first-order valence-electron chi connectivity index (χ1n) is 6.09. The first kappa shape index (κ1) is 14.2. The standard InChI is InChI=1S/C14H18ClFO/c1-2-3-4-5-6-13(17)10-11-9-12(15)7-8-14(11)16/h7-9H,2-6,10H2,1H3. The highest BCUT2D eigenvalue weighted by molar-refractivity contribution is 6.30. The summed E-state index contributed by atoms with van der Waals surface area (Å²) in [6.45, 7) is 2.13. The van der Waals surface area contributed by atoms with Crippen LogP contribution in [0.15, 0.2) is 18.2 Å². The van der Waals surface area contributed by atoms with Gasteiger partial charge in [0.25, 0.3) is 0 Å². The zero-order valence-electron chi connectivity index (χ0n) is 10.1. The van der Waals surface area contributed by atoms with E-state index in [9.17, 15) is 9.18 Å². The molecule has 0 saturated heterocycles. The molecule has 0 atom stereocenters. The van der Waals surface area contributed by atoms with Crippen LogP contribution in [-0.2, 0) is 11.2 Å². The second-order valence-electron chi connectivity index (χ2n) is 4.26. The van der Waals surface area contributed by atoms with Gasteiger partial charge in [-0.1, -0.05) is 37.8 Å². The van der Waals surface area contributed by atoms with Gasteiger partial charge < -0.3 is 0 Å². The molecule has 0 saturated carbocycles. The van der Waals surface area contributed by atoms with E-state index in [1.54, 1.807) is 0 Å². The van der Waals surface area contributed by atoms with Crippen molar-refractivity contribution >= 4 is 17.4 Å². The van der Waals surface area contributed by atoms with Gasteiger partial charge in [-0.05, 0) is 30.2 Å². The summed E-state index contributed by atoms with van der Waals surface area (Å²) in [7, 11) is 0. The van der Waals surface area contributed by atoms with Gasteiger partial charge in [0, 0.05) is 17.9 Å². The Bertz CT molecular complexity index is 376. The maximum Gasteiger partial charge on any atom is 0.137 e. The number of ketones is 1. The van der Waals surface area contributed by atoms with Gasteiger partial charge in [0.1, 0.15) is 11.6 Å². The molecule has 3 heteroatoms. The molecule has 94 valence electrons. The lowest BCUT2D eigenvalue weighted by atomic mass is 10.0. The smallest absolute Gasteiger partial charge is 0.137 e. The minimum absolute atomic E-state index is 0.0854. The Kier molecular flexibility index (Phi) is 6.20. The Labute approximate surface area is 107 Å². The normalized spacial score (nSPS) is 10.5. The maximum absolute atomic E-state index is 13.4. The summed E-state index contributed by atoms with van der Waals surface area (Å²) in [5.74, 6) is -0.265. The van der Waals surface area contributed by atoms with Crippen molar-refractivity contribution in [3.63, 3.8) is 0 Å². The van der Waals surface area contributed by atoms with Crippen molar-refractivity contribution in [1.29, 1.82) is 0 Å². The van der Waals surface area contributed by atoms with Crippen molar-refractivity contribution in [3.8, 4) is 0 Å². The zero-order valence-corrected chi connectivity index (χ0v) is 10.9. The first-order valence-corrected chi connectivity index (χ1v) is 6.47. The van der Waals surface area contributed by atoms with E-state index in [1.165, 1.54) is 18.2 Å². The minimum Gasteiger partial charge on any atom is -0.299 e. The second-order valence-corrected chi connectivity index (χ2v) is 4.70. The predicted octanol–water partition coefficient (Wildman–Crippen LogP) is 4.56. The van der Waals surface area contributed by atoms with Crippen LogP contribution in [0, 0.1) is 5.82 Å². The summed E-state index contributed by atoms with van der Waals surface area (Å²) in [5, 5.41) is 0.472. The number of unbranched alkanes of at least 4 members (excludes halogenated alkanes) is 3. The van der Waals surface area contributed by atoms with Crippen LogP contribution < -0.4 is 0 Å². The summed E-state index contributed by atoms with van der Waals surface area (Å²) in [6, 6.07) is 4.33. The Hall–Kier alpha value is -0.890. The molecule has 0 aliphatic heterocycles. The summed E-state index contributed by atoms with van der Waals surface area (Å²) in [6.07, 6.45) is 4.95. The van der Waals surface area contributed by atoms with Gasteiger partial charge in [-0.15, -0.1) is 0 Å². The second kappa shape index (κ2) is 7.44. The van der Waals surface area contributed by atoms with Crippen molar-refractivity contribution in [2.24, 2.45) is 0 Å². The minimum atomic E-state index is -0.351. The van der Waals surface area contributed by atoms with E-state index in [-0.39, 0.29) is 18.0 Å². The largest absolute Gasteiger partial charge is 0.299 e. The Morgan fingerprint density at radius 2 is 2.06 bits per heavy atom. The van der Waals surface area contributed by atoms with Gasteiger partial charge in [0.2, 0.25) is 0 Å². The van der Waals surface area contributed by atoms with Gasteiger partial charge in [0.05, 0.1) is 0 Å². The van der Waals surface area contributed by atoms with Crippen LogP contribution >= 0.6 is 11.6 Å². The van der Waals surface area contributed by atoms with Gasteiger partial charge in [-0.25, -0.2) is 4.39 Å². The Morgan fingerprint density at radius 1 is 1.29 bits per heavy atom. The average Bonchev–Trinajstić information content (AvgIpc) is 2.29. The van der Waals surface area contributed by atoms with E-state index in [0.29, 0.717) is 17.0 Å². The Morgan fingerprint density at radius 3 is 2.76 bits per heavy atom. The molecule has 0 spiro atoms. The van der Waals surface area contributed by atoms with Gasteiger partial charge in [0.15, 0.2) is 0 Å². The van der Waals surface area contributed by atoms with Gasteiger partial charge >= 0.3 is 0 Å². The lowest BCUT2D eigenvalue weighted by Crippen LogP contribution is -2.04. The molecule has 0 aromatic heterocycles. The van der Waals surface area contributed by atoms with Crippen molar-refractivity contribution in [2.45, 2.75) is 45.4 Å². The third-order valence-corrected chi connectivity index (χ3v) is 2.94. The first-order chi connectivity index (χ1) is 8.13. The number of Topliss-reactive ketones (excluding diaryl/α,β-unsaturated/α-hetero) is 1. The fraction of sp³-hybridized carbons (Fsp3) is 0.500. The number of benzene rings is 1. The van der Waals surface area contributed by atoms with E-state index in [2.05, 4.69) is 6.92 Å². The summed E-state index contributed by atoms with van der Waals surface area (Å²) >= 11 is 5.77. The van der Waals surface area contributed by atoms with Crippen molar-refractivity contribution < 1.29 is 9.18 Å². The third-order valence-electron chi connectivity index (χ3n) is 2.70.